The number of alkyl halides is 3. The van der Waals surface area contributed by atoms with Crippen molar-refractivity contribution in [3.63, 3.8) is 0 Å². The molecular formula is C16H26F3N3O3Si. The van der Waals surface area contributed by atoms with Crippen molar-refractivity contribution >= 4 is 13.8 Å². The van der Waals surface area contributed by atoms with Crippen LogP contribution in [-0.4, -0.2) is 48.8 Å². The van der Waals surface area contributed by atoms with Gasteiger partial charge in [0.1, 0.15) is 12.3 Å². The summed E-state index contributed by atoms with van der Waals surface area (Å²) in [6.45, 7) is 6.63. The molecule has 1 aromatic heterocycles. The summed E-state index contributed by atoms with van der Waals surface area (Å²) in [5, 5.41) is 13.2. The van der Waals surface area contributed by atoms with Crippen molar-refractivity contribution in [2.75, 3.05) is 24.7 Å². The maximum Gasteiger partial charge on any atom is 0.423 e. The lowest BCUT2D eigenvalue weighted by Crippen LogP contribution is -2.39. The number of hydrogen-bond acceptors (Lipinski definition) is 5. The molecule has 26 heavy (non-hydrogen) atoms. The molecule has 2 rings (SSSR count). The lowest BCUT2D eigenvalue weighted by molar-refractivity contribution is -0.138. The van der Waals surface area contributed by atoms with Crippen LogP contribution in [0.5, 0.6) is 0 Å². The first kappa shape index (κ1) is 20.9. The number of ether oxygens (including phenoxy) is 1. The number of hydrogen-bond donors (Lipinski definition) is 1. The third-order valence-corrected chi connectivity index (χ3v) is 6.12. The molecule has 148 valence electrons. The van der Waals surface area contributed by atoms with Gasteiger partial charge in [-0.2, -0.15) is 18.3 Å². The SMILES string of the molecule is C[Si](C)(C)CCOCn1ncc(N2CCC[C@H]2CO)c(C(F)(F)F)c1=O. The molecule has 1 atom stereocenters. The average molecular weight is 393 g/mol. The first-order valence-corrected chi connectivity index (χ1v) is 12.4. The van der Waals surface area contributed by atoms with Crippen LogP contribution in [0.4, 0.5) is 18.9 Å². The van der Waals surface area contributed by atoms with Gasteiger partial charge in [0, 0.05) is 21.2 Å². The summed E-state index contributed by atoms with van der Waals surface area (Å²) >= 11 is 0. The Kier molecular flexibility index (Phi) is 6.51. The maximum atomic E-state index is 13.6. The molecule has 0 unspecified atom stereocenters. The Morgan fingerprint density at radius 3 is 2.65 bits per heavy atom. The Labute approximate surface area is 151 Å². The van der Waals surface area contributed by atoms with E-state index in [1.807, 2.05) is 0 Å². The van der Waals surface area contributed by atoms with Gasteiger partial charge in [0.2, 0.25) is 0 Å². The van der Waals surface area contributed by atoms with Crippen LogP contribution in [0.25, 0.3) is 0 Å². The van der Waals surface area contributed by atoms with Crippen molar-refractivity contribution in [2.24, 2.45) is 0 Å². The highest BCUT2D eigenvalue weighted by Gasteiger charge is 2.41. The average Bonchev–Trinajstić information content (AvgIpc) is 2.98. The zero-order valence-corrected chi connectivity index (χ0v) is 16.3. The van der Waals surface area contributed by atoms with Crippen molar-refractivity contribution < 1.29 is 23.0 Å². The fourth-order valence-electron chi connectivity index (χ4n) is 2.93. The lowest BCUT2D eigenvalue weighted by Gasteiger charge is -2.27. The standard InChI is InChI=1S/C16H26F3N3O3Si/c1-26(2,3)8-7-25-11-22-15(24)14(16(17,18)19)13(9-20-22)21-6-4-5-12(21)10-23/h9,12,23H,4-8,10-11H2,1-3H3/t12-/m0/s1. The summed E-state index contributed by atoms with van der Waals surface area (Å²) in [5.41, 5.74) is -2.73. The van der Waals surface area contributed by atoms with Gasteiger partial charge < -0.3 is 14.7 Å². The second kappa shape index (κ2) is 8.09. The van der Waals surface area contributed by atoms with E-state index in [0.717, 1.165) is 12.2 Å². The van der Waals surface area contributed by atoms with Gasteiger partial charge in [0.25, 0.3) is 5.56 Å². The molecule has 0 bridgehead atoms. The van der Waals surface area contributed by atoms with Crippen molar-refractivity contribution in [1.29, 1.82) is 0 Å². The predicted octanol–water partition coefficient (Wildman–Crippen LogP) is 2.54. The summed E-state index contributed by atoms with van der Waals surface area (Å²) in [4.78, 5) is 13.8. The van der Waals surface area contributed by atoms with Crippen molar-refractivity contribution in [3.8, 4) is 0 Å². The van der Waals surface area contributed by atoms with Crippen LogP contribution in [0.2, 0.25) is 25.7 Å². The maximum absolute atomic E-state index is 13.6. The molecule has 1 aliphatic heterocycles. The van der Waals surface area contributed by atoms with Crippen molar-refractivity contribution in [1.82, 2.24) is 9.78 Å². The molecule has 6 nitrogen and oxygen atoms in total. The summed E-state index contributed by atoms with van der Waals surface area (Å²) in [5.74, 6) is 0. The quantitative estimate of drug-likeness (QED) is 0.570. The monoisotopic (exact) mass is 393 g/mol. The van der Waals surface area contributed by atoms with Gasteiger partial charge in [-0.05, 0) is 18.9 Å². The number of aromatic nitrogens is 2. The first-order chi connectivity index (χ1) is 12.0. The minimum absolute atomic E-state index is 0.264. The zero-order chi connectivity index (χ0) is 19.5. The number of anilines is 1. The number of nitrogens with zero attached hydrogens (tertiary/aromatic N) is 3. The minimum atomic E-state index is -4.81. The molecule has 0 amide bonds. The molecule has 1 aliphatic rings. The van der Waals surface area contributed by atoms with E-state index in [0.29, 0.717) is 30.7 Å². The normalized spacial score (nSPS) is 18.6. The van der Waals surface area contributed by atoms with E-state index in [-0.39, 0.29) is 19.0 Å². The van der Waals surface area contributed by atoms with Gasteiger partial charge in [-0.25, -0.2) is 4.68 Å². The van der Waals surface area contributed by atoms with Crippen LogP contribution >= 0.6 is 0 Å². The van der Waals surface area contributed by atoms with Crippen LogP contribution in [-0.2, 0) is 17.6 Å². The van der Waals surface area contributed by atoms with E-state index >= 15 is 0 Å². The molecule has 1 saturated heterocycles. The van der Waals surface area contributed by atoms with Crippen LogP contribution in [0.15, 0.2) is 11.0 Å². The summed E-state index contributed by atoms with van der Waals surface area (Å²) in [7, 11) is -1.33. The lowest BCUT2D eigenvalue weighted by atomic mass is 10.2. The largest absolute Gasteiger partial charge is 0.423 e. The first-order valence-electron chi connectivity index (χ1n) is 8.67. The van der Waals surface area contributed by atoms with Crippen LogP contribution in [0.1, 0.15) is 18.4 Å². The van der Waals surface area contributed by atoms with Gasteiger partial charge in [-0.3, -0.25) is 4.79 Å². The van der Waals surface area contributed by atoms with E-state index in [1.165, 1.54) is 4.90 Å². The fraction of sp³-hybridized carbons (Fsp3) is 0.750. The van der Waals surface area contributed by atoms with Crippen LogP contribution in [0, 0.1) is 0 Å². The molecule has 1 aromatic rings. The second-order valence-corrected chi connectivity index (χ2v) is 13.3. The summed E-state index contributed by atoms with van der Waals surface area (Å²) in [6.07, 6.45) is -2.51. The third kappa shape index (κ3) is 5.07. The van der Waals surface area contributed by atoms with Crippen molar-refractivity contribution in [3.05, 3.63) is 22.1 Å². The zero-order valence-electron chi connectivity index (χ0n) is 15.3. The molecule has 1 fully saturated rings. The Bertz CT molecular complexity index is 673. The Balaban J connectivity index is 2.27. The predicted molar refractivity (Wildman–Crippen MR) is 95.1 cm³/mol. The van der Waals surface area contributed by atoms with Crippen molar-refractivity contribution in [2.45, 2.75) is 57.5 Å². The minimum Gasteiger partial charge on any atom is -0.394 e. The second-order valence-electron chi connectivity index (χ2n) is 7.73. The summed E-state index contributed by atoms with van der Waals surface area (Å²) in [6, 6.07) is 0.416. The molecule has 0 radical (unpaired) electrons. The fourth-order valence-corrected chi connectivity index (χ4v) is 3.68. The highest BCUT2D eigenvalue weighted by Crippen LogP contribution is 2.36. The Morgan fingerprint density at radius 2 is 2.08 bits per heavy atom. The highest BCUT2D eigenvalue weighted by molar-refractivity contribution is 6.76. The summed E-state index contributed by atoms with van der Waals surface area (Å²) < 4.78 is 46.7. The van der Waals surface area contributed by atoms with E-state index in [2.05, 4.69) is 24.7 Å². The molecular weight excluding hydrogens is 367 g/mol. The van der Waals surface area contributed by atoms with E-state index in [1.54, 1.807) is 0 Å². The van der Waals surface area contributed by atoms with Gasteiger partial charge in [-0.15, -0.1) is 0 Å². The van der Waals surface area contributed by atoms with Crippen LogP contribution in [0.3, 0.4) is 0 Å². The van der Waals surface area contributed by atoms with Gasteiger partial charge >= 0.3 is 6.18 Å². The number of aliphatic hydroxyl groups is 1. The Morgan fingerprint density at radius 1 is 1.38 bits per heavy atom. The van der Waals surface area contributed by atoms with Gasteiger partial charge in [0.15, 0.2) is 0 Å². The molecule has 10 heteroatoms. The van der Waals surface area contributed by atoms with E-state index < -0.39 is 31.4 Å². The number of halogens is 3. The molecule has 0 saturated carbocycles. The third-order valence-electron chi connectivity index (χ3n) is 4.41. The molecule has 1 N–H and O–H groups in total. The molecule has 0 aromatic carbocycles. The molecule has 2 heterocycles. The number of rotatable bonds is 7. The van der Waals surface area contributed by atoms with E-state index in [9.17, 15) is 23.1 Å². The molecule has 0 aliphatic carbocycles. The molecule has 0 spiro atoms. The smallest absolute Gasteiger partial charge is 0.394 e. The van der Waals surface area contributed by atoms with Gasteiger partial charge in [0.05, 0.1) is 24.5 Å². The van der Waals surface area contributed by atoms with Crippen LogP contribution < -0.4 is 10.5 Å². The highest BCUT2D eigenvalue weighted by atomic mass is 28.3. The Hall–Kier alpha value is -1.39. The van der Waals surface area contributed by atoms with E-state index in [4.69, 9.17) is 4.74 Å². The van der Waals surface area contributed by atoms with Gasteiger partial charge in [-0.1, -0.05) is 19.6 Å². The topological polar surface area (TPSA) is 67.6 Å². The number of aliphatic hydroxyl groups excluding tert-OH is 1.